The number of carbonyl (C=O) groups is 1. The molecule has 4 nitrogen and oxygen atoms in total. The van der Waals surface area contributed by atoms with Gasteiger partial charge >= 0.3 is 6.03 Å². The van der Waals surface area contributed by atoms with E-state index in [0.717, 1.165) is 12.8 Å². The predicted octanol–water partition coefficient (Wildman–Crippen LogP) is 5.50. The van der Waals surface area contributed by atoms with Crippen molar-refractivity contribution in [3.05, 3.63) is 62.4 Å². The summed E-state index contributed by atoms with van der Waals surface area (Å²) in [7, 11) is 0. The van der Waals surface area contributed by atoms with E-state index in [1.165, 1.54) is 50.8 Å². The van der Waals surface area contributed by atoms with Crippen LogP contribution in [0.1, 0.15) is 58.8 Å². The summed E-state index contributed by atoms with van der Waals surface area (Å²) in [5.74, 6) is 0. The average molecular weight is 412 g/mol. The van der Waals surface area contributed by atoms with Gasteiger partial charge in [0, 0.05) is 28.1 Å². The molecule has 1 N–H and O–H groups in total. The highest BCUT2D eigenvalue weighted by Gasteiger charge is 2.36. The number of nitrogens with zero attached hydrogens (tertiary/aromatic N) is 2. The van der Waals surface area contributed by atoms with Crippen LogP contribution in [0.4, 0.5) is 4.79 Å². The lowest BCUT2D eigenvalue weighted by Crippen LogP contribution is -2.42. The van der Waals surface area contributed by atoms with Crippen LogP contribution in [-0.2, 0) is 19.4 Å². The molecule has 2 aliphatic rings. The zero-order valence-electron chi connectivity index (χ0n) is 16.1. The standard InChI is InChI=1S/C22H25N3OS2/c1-2-11-23-22(26)25-14-16-15-7-3-4-9-18(15)28-21(16)24-12-5-8-17(24)20(25)19-10-6-13-27-19/h5-6,8,10,12-13,20H,2-4,7,9,11,14H2,1H3,(H,23,26)/t20-/m0/s1. The van der Waals surface area contributed by atoms with Gasteiger partial charge in [0.05, 0.1) is 12.2 Å². The normalized spacial score (nSPS) is 18.2. The average Bonchev–Trinajstić information content (AvgIpc) is 3.45. The van der Waals surface area contributed by atoms with E-state index in [0.29, 0.717) is 13.1 Å². The Bertz CT molecular complexity index is 986. The van der Waals surface area contributed by atoms with Crippen LogP contribution < -0.4 is 5.32 Å². The maximum absolute atomic E-state index is 13.3. The molecule has 0 saturated heterocycles. The Balaban J connectivity index is 1.67. The summed E-state index contributed by atoms with van der Waals surface area (Å²) in [6.45, 7) is 3.49. The quantitative estimate of drug-likeness (QED) is 0.607. The van der Waals surface area contributed by atoms with Crippen molar-refractivity contribution in [1.29, 1.82) is 0 Å². The Hall–Kier alpha value is -2.05. The van der Waals surface area contributed by atoms with Crippen molar-refractivity contribution < 1.29 is 4.79 Å². The van der Waals surface area contributed by atoms with E-state index >= 15 is 0 Å². The van der Waals surface area contributed by atoms with Gasteiger partial charge in [-0.15, -0.1) is 22.7 Å². The number of hydrogen-bond acceptors (Lipinski definition) is 3. The predicted molar refractivity (Wildman–Crippen MR) is 116 cm³/mol. The molecule has 0 spiro atoms. The third-order valence-electron chi connectivity index (χ3n) is 5.78. The number of fused-ring (bicyclic) bond motifs is 5. The lowest BCUT2D eigenvalue weighted by atomic mass is 9.95. The van der Waals surface area contributed by atoms with Crippen molar-refractivity contribution in [2.45, 2.75) is 51.6 Å². The van der Waals surface area contributed by atoms with Crippen molar-refractivity contribution in [3.8, 4) is 5.00 Å². The van der Waals surface area contributed by atoms with Crippen molar-refractivity contribution in [3.63, 3.8) is 0 Å². The molecule has 146 valence electrons. The van der Waals surface area contributed by atoms with Crippen LogP contribution in [0.15, 0.2) is 35.8 Å². The molecule has 0 bridgehead atoms. The summed E-state index contributed by atoms with van der Waals surface area (Å²) in [6.07, 6.45) is 7.98. The van der Waals surface area contributed by atoms with Crippen molar-refractivity contribution in [2.24, 2.45) is 0 Å². The Morgan fingerprint density at radius 3 is 2.93 bits per heavy atom. The van der Waals surface area contributed by atoms with Gasteiger partial charge in [-0.25, -0.2) is 4.79 Å². The van der Waals surface area contributed by atoms with Crippen LogP contribution >= 0.6 is 22.7 Å². The van der Waals surface area contributed by atoms with Gasteiger partial charge in [-0.2, -0.15) is 0 Å². The van der Waals surface area contributed by atoms with Gasteiger partial charge in [-0.3, -0.25) is 0 Å². The SMILES string of the molecule is CCCNC(=O)N1Cc2c(sc3c2CCCC3)-n2cccc2[C@H]1c1cccs1. The maximum atomic E-state index is 13.3. The molecule has 4 heterocycles. The second kappa shape index (κ2) is 7.41. The van der Waals surface area contributed by atoms with E-state index < -0.39 is 0 Å². The lowest BCUT2D eigenvalue weighted by Gasteiger charge is -2.30. The highest BCUT2D eigenvalue weighted by molar-refractivity contribution is 7.15. The highest BCUT2D eigenvalue weighted by atomic mass is 32.1. The van der Waals surface area contributed by atoms with Gasteiger partial charge < -0.3 is 14.8 Å². The molecule has 0 unspecified atom stereocenters. The van der Waals surface area contributed by atoms with Crippen molar-refractivity contribution in [1.82, 2.24) is 14.8 Å². The second-order valence-electron chi connectivity index (χ2n) is 7.58. The Labute approximate surface area is 173 Å². The van der Waals surface area contributed by atoms with Crippen LogP contribution in [0.25, 0.3) is 5.00 Å². The first-order valence-electron chi connectivity index (χ1n) is 10.2. The topological polar surface area (TPSA) is 37.3 Å². The number of hydrogen-bond donors (Lipinski definition) is 1. The first-order valence-corrected chi connectivity index (χ1v) is 11.9. The van der Waals surface area contributed by atoms with Crippen LogP contribution in [-0.4, -0.2) is 22.0 Å². The molecule has 3 aromatic rings. The Morgan fingerprint density at radius 1 is 1.21 bits per heavy atom. The molecule has 28 heavy (non-hydrogen) atoms. The van der Waals surface area contributed by atoms with E-state index in [2.05, 4.69) is 57.5 Å². The Kier molecular flexibility index (Phi) is 4.77. The Morgan fingerprint density at radius 2 is 2.11 bits per heavy atom. The number of aryl methyl sites for hydroxylation is 1. The lowest BCUT2D eigenvalue weighted by molar-refractivity contribution is 0.181. The minimum Gasteiger partial charge on any atom is -0.338 e. The van der Waals surface area contributed by atoms with Crippen molar-refractivity contribution in [2.75, 3.05) is 6.54 Å². The molecule has 3 aromatic heterocycles. The van der Waals surface area contributed by atoms with Gasteiger partial charge in [0.1, 0.15) is 11.0 Å². The summed E-state index contributed by atoms with van der Waals surface area (Å²) >= 11 is 3.67. The van der Waals surface area contributed by atoms with Gasteiger partial charge in [-0.1, -0.05) is 13.0 Å². The summed E-state index contributed by atoms with van der Waals surface area (Å²) in [6, 6.07) is 8.52. The fourth-order valence-corrected chi connectivity index (χ4v) is 6.72. The molecule has 1 aliphatic heterocycles. The summed E-state index contributed by atoms with van der Waals surface area (Å²) in [5.41, 5.74) is 4.06. The molecular formula is C22H25N3OS2. The minimum atomic E-state index is -0.0503. The van der Waals surface area contributed by atoms with E-state index in [4.69, 9.17) is 0 Å². The second-order valence-corrected chi connectivity index (χ2v) is 9.64. The monoisotopic (exact) mass is 411 g/mol. The molecule has 1 aliphatic carbocycles. The van der Waals surface area contributed by atoms with Crippen LogP contribution in [0.2, 0.25) is 0 Å². The van der Waals surface area contributed by atoms with E-state index in [1.54, 1.807) is 11.3 Å². The summed E-state index contributed by atoms with van der Waals surface area (Å²) in [5, 5.41) is 6.56. The van der Waals surface area contributed by atoms with E-state index in [-0.39, 0.29) is 12.1 Å². The third-order valence-corrected chi connectivity index (χ3v) is 8.04. The number of urea groups is 1. The third kappa shape index (κ3) is 2.90. The van der Waals surface area contributed by atoms with Crippen LogP contribution in [0.5, 0.6) is 0 Å². The number of rotatable bonds is 3. The zero-order chi connectivity index (χ0) is 19.1. The zero-order valence-corrected chi connectivity index (χ0v) is 17.7. The number of amides is 2. The molecular weight excluding hydrogens is 386 g/mol. The summed E-state index contributed by atoms with van der Waals surface area (Å²) in [4.78, 5) is 18.1. The van der Waals surface area contributed by atoms with Gasteiger partial charge in [0.15, 0.2) is 0 Å². The van der Waals surface area contributed by atoms with Gasteiger partial charge in [-0.05, 0) is 61.2 Å². The first-order chi connectivity index (χ1) is 13.8. The molecule has 5 rings (SSSR count). The molecule has 2 amide bonds. The number of aromatic nitrogens is 1. The fraction of sp³-hybridized carbons (Fsp3) is 0.409. The largest absolute Gasteiger partial charge is 0.338 e. The molecule has 0 fully saturated rings. The smallest absolute Gasteiger partial charge is 0.318 e. The number of nitrogens with one attached hydrogen (secondary N) is 1. The molecule has 0 saturated carbocycles. The molecule has 0 aromatic carbocycles. The summed E-state index contributed by atoms with van der Waals surface area (Å²) < 4.78 is 2.34. The van der Waals surface area contributed by atoms with E-state index in [9.17, 15) is 4.79 Å². The minimum absolute atomic E-state index is 0.0385. The molecule has 6 heteroatoms. The fourth-order valence-electron chi connectivity index (χ4n) is 4.47. The van der Waals surface area contributed by atoms with E-state index in [1.807, 2.05) is 11.3 Å². The van der Waals surface area contributed by atoms with Gasteiger partial charge in [0.2, 0.25) is 0 Å². The highest BCUT2D eigenvalue weighted by Crippen LogP contribution is 2.44. The van der Waals surface area contributed by atoms with Crippen LogP contribution in [0.3, 0.4) is 0 Å². The molecule has 0 radical (unpaired) electrons. The number of thiophene rings is 2. The van der Waals surface area contributed by atoms with Gasteiger partial charge in [0.25, 0.3) is 0 Å². The number of carbonyl (C=O) groups excluding carboxylic acids is 1. The maximum Gasteiger partial charge on any atom is 0.318 e. The first kappa shape index (κ1) is 18.0. The van der Waals surface area contributed by atoms with Crippen molar-refractivity contribution >= 4 is 28.7 Å². The molecule has 1 atom stereocenters. The van der Waals surface area contributed by atoms with Crippen LogP contribution in [0, 0.1) is 0 Å².